The number of rotatable bonds is 11. The molecule has 192 valence electrons. The van der Waals surface area contributed by atoms with Crippen molar-refractivity contribution in [1.82, 2.24) is 29.9 Å². The fourth-order valence-electron chi connectivity index (χ4n) is 3.46. The molecular weight excluding hydrogens is 458 g/mol. The van der Waals surface area contributed by atoms with Gasteiger partial charge in [0.25, 0.3) is 0 Å². The van der Waals surface area contributed by atoms with Gasteiger partial charge in [0.2, 0.25) is 11.9 Å². The predicted molar refractivity (Wildman–Crippen MR) is 138 cm³/mol. The molecule has 0 aliphatic carbocycles. The maximum absolute atomic E-state index is 12.2. The number of nitrogen functional groups attached to an aromatic ring is 1. The first-order chi connectivity index (χ1) is 17.2. The molecule has 2 aromatic heterocycles. The van der Waals surface area contributed by atoms with Gasteiger partial charge in [-0.25, -0.2) is 14.3 Å². The van der Waals surface area contributed by atoms with Crippen molar-refractivity contribution in [2.45, 2.75) is 65.0 Å². The van der Waals surface area contributed by atoms with Crippen molar-refractivity contribution in [3.8, 4) is 0 Å². The topological polar surface area (TPSA) is 130 Å². The highest BCUT2D eigenvalue weighted by molar-refractivity contribution is 5.91. The maximum Gasteiger partial charge on any atom is 0.421 e. The SMILES string of the molecule is CC(C)(C)OC(=O)n1cc(CCCCCc2cn(CCNC(=O)C=Cc3ccccc3)nn2)nc1N. The number of ether oxygens (including phenoxy) is 1. The number of anilines is 1. The van der Waals surface area contributed by atoms with Crippen molar-refractivity contribution in [2.24, 2.45) is 0 Å². The lowest BCUT2D eigenvalue weighted by Gasteiger charge is -2.19. The molecular formula is C26H35N7O3. The zero-order valence-corrected chi connectivity index (χ0v) is 21.2. The smallest absolute Gasteiger partial charge is 0.421 e. The van der Waals surface area contributed by atoms with Gasteiger partial charge in [-0.15, -0.1) is 5.10 Å². The van der Waals surface area contributed by atoms with E-state index >= 15 is 0 Å². The molecule has 0 unspecified atom stereocenters. The fourth-order valence-corrected chi connectivity index (χ4v) is 3.46. The molecule has 2 heterocycles. The first-order valence-electron chi connectivity index (χ1n) is 12.2. The number of amides is 1. The molecule has 36 heavy (non-hydrogen) atoms. The summed E-state index contributed by atoms with van der Waals surface area (Å²) >= 11 is 0. The normalized spacial score (nSPS) is 11.6. The molecule has 0 aliphatic rings. The van der Waals surface area contributed by atoms with Crippen molar-refractivity contribution >= 4 is 24.0 Å². The Labute approximate surface area is 211 Å². The predicted octanol–water partition coefficient (Wildman–Crippen LogP) is 3.63. The van der Waals surface area contributed by atoms with Gasteiger partial charge in [-0.2, -0.15) is 0 Å². The van der Waals surface area contributed by atoms with E-state index in [9.17, 15) is 9.59 Å². The van der Waals surface area contributed by atoms with Gasteiger partial charge < -0.3 is 15.8 Å². The van der Waals surface area contributed by atoms with E-state index in [1.54, 1.807) is 37.7 Å². The molecule has 0 spiro atoms. The summed E-state index contributed by atoms with van der Waals surface area (Å²) in [5.41, 5.74) is 7.94. The van der Waals surface area contributed by atoms with Crippen LogP contribution in [0.4, 0.5) is 10.7 Å². The van der Waals surface area contributed by atoms with Crippen LogP contribution in [0.2, 0.25) is 0 Å². The minimum atomic E-state index is -0.594. The van der Waals surface area contributed by atoms with E-state index in [4.69, 9.17) is 10.5 Å². The summed E-state index contributed by atoms with van der Waals surface area (Å²) in [6, 6.07) is 9.68. The molecule has 0 aliphatic heterocycles. The largest absolute Gasteiger partial charge is 0.443 e. The van der Waals surface area contributed by atoms with Crippen LogP contribution in [0.1, 0.15) is 57.0 Å². The van der Waals surface area contributed by atoms with Crippen LogP contribution in [-0.4, -0.2) is 48.7 Å². The number of carbonyl (C=O) groups excluding carboxylic acids is 2. The lowest BCUT2D eigenvalue weighted by molar-refractivity contribution is -0.116. The highest BCUT2D eigenvalue weighted by atomic mass is 16.6. The van der Waals surface area contributed by atoms with Gasteiger partial charge in [0.15, 0.2) is 0 Å². The van der Waals surface area contributed by atoms with Crippen molar-refractivity contribution in [3.63, 3.8) is 0 Å². The van der Waals surface area contributed by atoms with E-state index in [-0.39, 0.29) is 11.9 Å². The zero-order chi connectivity index (χ0) is 26.0. The Morgan fingerprint density at radius 3 is 2.50 bits per heavy atom. The Morgan fingerprint density at radius 2 is 1.78 bits per heavy atom. The molecule has 1 amide bonds. The van der Waals surface area contributed by atoms with Crippen LogP contribution in [0.25, 0.3) is 6.08 Å². The number of nitrogens with one attached hydrogen (secondary N) is 1. The van der Waals surface area contributed by atoms with Crippen LogP contribution < -0.4 is 11.1 Å². The third-order valence-electron chi connectivity index (χ3n) is 5.19. The number of benzene rings is 1. The second-order valence-corrected chi connectivity index (χ2v) is 9.51. The monoisotopic (exact) mass is 493 g/mol. The van der Waals surface area contributed by atoms with E-state index in [1.807, 2.05) is 36.5 Å². The second-order valence-electron chi connectivity index (χ2n) is 9.51. The molecule has 0 saturated carbocycles. The Balaban J connectivity index is 1.31. The summed E-state index contributed by atoms with van der Waals surface area (Å²) in [5.74, 6) is -0.00357. The van der Waals surface area contributed by atoms with Crippen LogP contribution >= 0.6 is 0 Å². The third kappa shape index (κ3) is 9.01. The molecule has 0 saturated heterocycles. The number of unbranched alkanes of at least 4 members (excludes halogenated alkanes) is 2. The summed E-state index contributed by atoms with van der Waals surface area (Å²) < 4.78 is 8.33. The molecule has 10 nitrogen and oxygen atoms in total. The summed E-state index contributed by atoms with van der Waals surface area (Å²) in [4.78, 5) is 28.4. The van der Waals surface area contributed by atoms with E-state index in [1.165, 1.54) is 10.6 Å². The fraction of sp³-hybridized carbons (Fsp3) is 0.423. The Morgan fingerprint density at radius 1 is 1.06 bits per heavy atom. The summed E-state index contributed by atoms with van der Waals surface area (Å²) in [7, 11) is 0. The molecule has 3 aromatic rings. The van der Waals surface area contributed by atoms with Crippen LogP contribution in [-0.2, 0) is 28.9 Å². The van der Waals surface area contributed by atoms with Crippen LogP contribution in [0.15, 0.2) is 48.8 Å². The highest BCUT2D eigenvalue weighted by Gasteiger charge is 2.20. The molecule has 0 radical (unpaired) electrons. The molecule has 1 aromatic carbocycles. The second kappa shape index (κ2) is 12.7. The van der Waals surface area contributed by atoms with Crippen molar-refractivity contribution in [2.75, 3.05) is 12.3 Å². The van der Waals surface area contributed by atoms with E-state index < -0.39 is 11.7 Å². The average molecular weight is 494 g/mol. The Kier molecular flexibility index (Phi) is 9.38. The average Bonchev–Trinajstić information content (AvgIpc) is 3.43. The Bertz CT molecular complexity index is 1160. The number of hydrogen-bond acceptors (Lipinski definition) is 7. The first-order valence-corrected chi connectivity index (χ1v) is 12.2. The quantitative estimate of drug-likeness (QED) is 0.308. The third-order valence-corrected chi connectivity index (χ3v) is 5.19. The zero-order valence-electron chi connectivity index (χ0n) is 21.2. The van der Waals surface area contributed by atoms with Gasteiger partial charge in [-0.1, -0.05) is 42.0 Å². The number of imidazole rings is 1. The molecule has 3 rings (SSSR count). The number of carbonyl (C=O) groups is 2. The minimum absolute atomic E-state index is 0.138. The van der Waals surface area contributed by atoms with Gasteiger partial charge in [-0.05, 0) is 58.1 Å². The van der Waals surface area contributed by atoms with Crippen molar-refractivity contribution in [3.05, 3.63) is 65.8 Å². The standard InChI is InChI=1S/C26H35N7O3/c1-26(2,3)36-25(35)33-19-21(29-24(33)27)12-8-5-9-13-22-18-32(31-30-22)17-16-28-23(34)15-14-20-10-6-4-7-11-20/h4,6-7,10-11,14-15,18-19H,5,8-9,12-13,16-17H2,1-3H3,(H2,27,29)(H,28,34). The van der Waals surface area contributed by atoms with Crippen LogP contribution in [0, 0.1) is 0 Å². The minimum Gasteiger partial charge on any atom is -0.443 e. The highest BCUT2D eigenvalue weighted by Crippen LogP contribution is 2.14. The van der Waals surface area contributed by atoms with Crippen LogP contribution in [0.3, 0.4) is 0 Å². The molecule has 0 fully saturated rings. The first kappa shape index (κ1) is 26.7. The molecule has 0 bridgehead atoms. The van der Waals surface area contributed by atoms with Crippen molar-refractivity contribution in [1.29, 1.82) is 0 Å². The van der Waals surface area contributed by atoms with Gasteiger partial charge >= 0.3 is 6.09 Å². The number of aryl methyl sites for hydroxylation is 2. The van der Waals surface area contributed by atoms with E-state index in [0.717, 1.165) is 49.1 Å². The van der Waals surface area contributed by atoms with Gasteiger partial charge in [0.05, 0.1) is 17.9 Å². The number of nitrogens with two attached hydrogens (primary N) is 1. The van der Waals surface area contributed by atoms with Gasteiger partial charge in [0.1, 0.15) is 5.60 Å². The Hall–Kier alpha value is -3.95. The van der Waals surface area contributed by atoms with Gasteiger partial charge in [0, 0.05) is 25.0 Å². The lowest BCUT2D eigenvalue weighted by atomic mass is 10.1. The summed E-state index contributed by atoms with van der Waals surface area (Å²) in [5, 5.41) is 11.2. The van der Waals surface area contributed by atoms with Crippen LogP contribution in [0.5, 0.6) is 0 Å². The lowest BCUT2D eigenvalue weighted by Crippen LogP contribution is -2.27. The number of aromatic nitrogens is 5. The van der Waals surface area contributed by atoms with Crippen molar-refractivity contribution < 1.29 is 14.3 Å². The van der Waals surface area contributed by atoms with E-state index in [2.05, 4.69) is 20.6 Å². The molecule has 3 N–H and O–H groups in total. The maximum atomic E-state index is 12.2. The number of nitrogens with zero attached hydrogens (tertiary/aromatic N) is 5. The summed E-state index contributed by atoms with van der Waals surface area (Å²) in [6.45, 7) is 6.45. The number of hydrogen-bond donors (Lipinski definition) is 2. The molecule has 10 heteroatoms. The van der Waals surface area contributed by atoms with E-state index in [0.29, 0.717) is 13.1 Å². The molecule has 0 atom stereocenters. The summed E-state index contributed by atoms with van der Waals surface area (Å²) in [6.07, 6.45) is 10.7. The van der Waals surface area contributed by atoms with Gasteiger partial charge in [-0.3, -0.25) is 9.48 Å².